The van der Waals surface area contributed by atoms with Gasteiger partial charge in [0.15, 0.2) is 0 Å². The topological polar surface area (TPSA) is 35.5 Å². The number of esters is 1. The normalized spacial score (nSPS) is 11.1. The molecule has 94 valence electrons. The number of benzene rings is 1. The van der Waals surface area contributed by atoms with E-state index >= 15 is 0 Å². The summed E-state index contributed by atoms with van der Waals surface area (Å²) in [6.45, 7) is 8.52. The first-order valence-corrected chi connectivity index (χ1v) is 5.82. The third kappa shape index (κ3) is 4.10. The van der Waals surface area contributed by atoms with E-state index in [1.54, 1.807) is 0 Å². The molecule has 0 spiro atoms. The second kappa shape index (κ2) is 5.71. The molecule has 0 bridgehead atoms. The first kappa shape index (κ1) is 13.6. The Labute approximate surface area is 103 Å². The van der Waals surface area contributed by atoms with Crippen LogP contribution in [-0.2, 0) is 14.9 Å². The van der Waals surface area contributed by atoms with Crippen molar-refractivity contribution in [2.45, 2.75) is 33.1 Å². The smallest absolute Gasteiger partial charge is 0.302 e. The standard InChI is InChI=1S/C14H20O3/c1-5-16-13-8-6-12(7-9-13)14(3,4)10-17-11(2)15/h6-9H,5,10H2,1-4H3. The summed E-state index contributed by atoms with van der Waals surface area (Å²) in [5.41, 5.74) is 0.943. The van der Waals surface area contributed by atoms with Crippen molar-refractivity contribution in [2.24, 2.45) is 0 Å². The van der Waals surface area contributed by atoms with Crippen molar-refractivity contribution < 1.29 is 14.3 Å². The summed E-state index contributed by atoms with van der Waals surface area (Å²) in [6.07, 6.45) is 0. The Morgan fingerprint density at radius 2 is 1.82 bits per heavy atom. The molecule has 0 fully saturated rings. The van der Waals surface area contributed by atoms with Crippen LogP contribution in [0.1, 0.15) is 33.3 Å². The van der Waals surface area contributed by atoms with Crippen LogP contribution >= 0.6 is 0 Å². The van der Waals surface area contributed by atoms with Crippen molar-refractivity contribution in [1.82, 2.24) is 0 Å². The average molecular weight is 236 g/mol. The molecule has 0 aromatic heterocycles. The molecule has 0 aliphatic rings. The number of carbonyl (C=O) groups is 1. The minimum absolute atomic E-state index is 0.184. The Morgan fingerprint density at radius 1 is 1.24 bits per heavy atom. The van der Waals surface area contributed by atoms with Gasteiger partial charge in [0.05, 0.1) is 6.61 Å². The van der Waals surface area contributed by atoms with Gasteiger partial charge in [0, 0.05) is 12.3 Å². The molecular formula is C14H20O3. The van der Waals surface area contributed by atoms with Crippen molar-refractivity contribution in [3.05, 3.63) is 29.8 Å². The fraction of sp³-hybridized carbons (Fsp3) is 0.500. The third-order valence-electron chi connectivity index (χ3n) is 2.58. The molecule has 1 aromatic rings. The summed E-state index contributed by atoms with van der Waals surface area (Å²) in [7, 11) is 0. The molecule has 3 nitrogen and oxygen atoms in total. The zero-order valence-electron chi connectivity index (χ0n) is 10.9. The highest BCUT2D eigenvalue weighted by Crippen LogP contribution is 2.25. The number of rotatable bonds is 5. The number of ether oxygens (including phenoxy) is 2. The van der Waals surface area contributed by atoms with Gasteiger partial charge >= 0.3 is 5.97 Å². The van der Waals surface area contributed by atoms with Crippen LogP contribution in [-0.4, -0.2) is 19.2 Å². The van der Waals surface area contributed by atoms with E-state index in [1.165, 1.54) is 6.92 Å². The molecule has 0 aliphatic carbocycles. The molecule has 0 aliphatic heterocycles. The van der Waals surface area contributed by atoms with Crippen molar-refractivity contribution >= 4 is 5.97 Å². The minimum Gasteiger partial charge on any atom is -0.494 e. The van der Waals surface area contributed by atoms with Gasteiger partial charge in [0.1, 0.15) is 12.4 Å². The fourth-order valence-corrected chi connectivity index (χ4v) is 1.53. The molecule has 0 saturated heterocycles. The van der Waals surface area contributed by atoms with E-state index in [2.05, 4.69) is 0 Å². The maximum atomic E-state index is 10.8. The first-order chi connectivity index (χ1) is 7.95. The van der Waals surface area contributed by atoms with Gasteiger partial charge in [-0.05, 0) is 24.6 Å². The third-order valence-corrected chi connectivity index (χ3v) is 2.58. The van der Waals surface area contributed by atoms with Gasteiger partial charge in [-0.3, -0.25) is 4.79 Å². The molecule has 0 atom stereocenters. The molecule has 0 unspecified atom stereocenters. The molecule has 0 heterocycles. The summed E-state index contributed by atoms with van der Waals surface area (Å²) in [5, 5.41) is 0. The summed E-state index contributed by atoms with van der Waals surface area (Å²) >= 11 is 0. The summed E-state index contributed by atoms with van der Waals surface area (Å²) in [6, 6.07) is 7.89. The number of carbonyl (C=O) groups excluding carboxylic acids is 1. The Kier molecular flexibility index (Phi) is 4.55. The lowest BCUT2D eigenvalue weighted by Crippen LogP contribution is -2.25. The van der Waals surface area contributed by atoms with Crippen molar-refractivity contribution in [3.63, 3.8) is 0 Å². The van der Waals surface area contributed by atoms with Crippen LogP contribution in [0.2, 0.25) is 0 Å². The van der Waals surface area contributed by atoms with Gasteiger partial charge in [0.25, 0.3) is 0 Å². The van der Waals surface area contributed by atoms with Crippen LogP contribution in [0.25, 0.3) is 0 Å². The number of hydrogen-bond acceptors (Lipinski definition) is 3. The van der Waals surface area contributed by atoms with Crippen LogP contribution in [0.15, 0.2) is 24.3 Å². The zero-order chi connectivity index (χ0) is 12.9. The van der Waals surface area contributed by atoms with E-state index in [0.717, 1.165) is 11.3 Å². The predicted molar refractivity (Wildman–Crippen MR) is 67.3 cm³/mol. The van der Waals surface area contributed by atoms with E-state index < -0.39 is 0 Å². The van der Waals surface area contributed by atoms with E-state index in [0.29, 0.717) is 13.2 Å². The van der Waals surface area contributed by atoms with Gasteiger partial charge in [-0.2, -0.15) is 0 Å². The summed E-state index contributed by atoms with van der Waals surface area (Å²) < 4.78 is 10.5. The second-order valence-corrected chi connectivity index (χ2v) is 4.62. The predicted octanol–water partition coefficient (Wildman–Crippen LogP) is 2.93. The summed E-state index contributed by atoms with van der Waals surface area (Å²) in [5.74, 6) is 0.614. The van der Waals surface area contributed by atoms with Crippen LogP contribution in [0.3, 0.4) is 0 Å². The van der Waals surface area contributed by atoms with Crippen LogP contribution < -0.4 is 4.74 Å². The molecule has 0 N–H and O–H groups in total. The maximum absolute atomic E-state index is 10.8. The molecule has 0 amide bonds. The molecule has 0 saturated carbocycles. The van der Waals surface area contributed by atoms with Crippen molar-refractivity contribution in [2.75, 3.05) is 13.2 Å². The van der Waals surface area contributed by atoms with Crippen molar-refractivity contribution in [3.8, 4) is 5.75 Å². The monoisotopic (exact) mass is 236 g/mol. The fourth-order valence-electron chi connectivity index (χ4n) is 1.53. The van der Waals surface area contributed by atoms with Gasteiger partial charge in [-0.15, -0.1) is 0 Å². The van der Waals surface area contributed by atoms with Gasteiger partial charge < -0.3 is 9.47 Å². The largest absolute Gasteiger partial charge is 0.494 e. The first-order valence-electron chi connectivity index (χ1n) is 5.82. The lowest BCUT2D eigenvalue weighted by molar-refractivity contribution is -0.142. The molecule has 1 aromatic carbocycles. The highest BCUT2D eigenvalue weighted by molar-refractivity contribution is 5.66. The Bertz CT molecular complexity index is 366. The lowest BCUT2D eigenvalue weighted by atomic mass is 9.85. The van der Waals surface area contributed by atoms with Crippen LogP contribution in [0.5, 0.6) is 5.75 Å². The van der Waals surface area contributed by atoms with Crippen molar-refractivity contribution in [1.29, 1.82) is 0 Å². The van der Waals surface area contributed by atoms with Crippen LogP contribution in [0.4, 0.5) is 0 Å². The minimum atomic E-state index is -0.246. The summed E-state index contributed by atoms with van der Waals surface area (Å²) in [4.78, 5) is 10.8. The molecule has 3 heteroatoms. The molecule has 1 rings (SSSR count). The Hall–Kier alpha value is -1.51. The Balaban J connectivity index is 2.73. The molecular weight excluding hydrogens is 216 g/mol. The average Bonchev–Trinajstić information content (AvgIpc) is 2.28. The van der Waals surface area contributed by atoms with E-state index in [-0.39, 0.29) is 11.4 Å². The van der Waals surface area contributed by atoms with E-state index in [4.69, 9.17) is 9.47 Å². The SMILES string of the molecule is CCOc1ccc(C(C)(C)COC(C)=O)cc1. The van der Waals surface area contributed by atoms with Gasteiger partial charge in [-0.1, -0.05) is 26.0 Å². The highest BCUT2D eigenvalue weighted by atomic mass is 16.5. The van der Waals surface area contributed by atoms with E-state index in [1.807, 2.05) is 45.0 Å². The highest BCUT2D eigenvalue weighted by Gasteiger charge is 2.22. The zero-order valence-corrected chi connectivity index (χ0v) is 10.9. The maximum Gasteiger partial charge on any atom is 0.302 e. The van der Waals surface area contributed by atoms with Gasteiger partial charge in [-0.25, -0.2) is 0 Å². The Morgan fingerprint density at radius 3 is 2.29 bits per heavy atom. The lowest BCUT2D eigenvalue weighted by Gasteiger charge is -2.24. The molecule has 17 heavy (non-hydrogen) atoms. The van der Waals surface area contributed by atoms with Gasteiger partial charge in [0.2, 0.25) is 0 Å². The quantitative estimate of drug-likeness (QED) is 0.737. The molecule has 0 radical (unpaired) electrons. The van der Waals surface area contributed by atoms with E-state index in [9.17, 15) is 4.79 Å². The number of hydrogen-bond donors (Lipinski definition) is 0. The van der Waals surface area contributed by atoms with Crippen LogP contribution in [0, 0.1) is 0 Å². The second-order valence-electron chi connectivity index (χ2n) is 4.62.